The smallest absolute Gasteiger partial charge is 0.228 e. The monoisotopic (exact) mass is 400 g/mol. The predicted molar refractivity (Wildman–Crippen MR) is 124 cm³/mol. The number of aryl methyl sites for hydroxylation is 1. The first-order valence-corrected chi connectivity index (χ1v) is 10.6. The summed E-state index contributed by atoms with van der Waals surface area (Å²) in [7, 11) is 2.10. The Kier molecular flexibility index (Phi) is 3.95. The van der Waals surface area contributed by atoms with Crippen LogP contribution in [0, 0.1) is 13.8 Å². The van der Waals surface area contributed by atoms with E-state index in [-0.39, 0.29) is 5.41 Å². The first-order valence-electron chi connectivity index (χ1n) is 10.6. The number of hydrogen-bond acceptors (Lipinski definition) is 4. The minimum atomic E-state index is -0.675. The summed E-state index contributed by atoms with van der Waals surface area (Å²) in [6.07, 6.45) is 2.00. The van der Waals surface area contributed by atoms with E-state index in [0.717, 1.165) is 28.0 Å². The van der Waals surface area contributed by atoms with E-state index in [9.17, 15) is 0 Å². The largest absolute Gasteiger partial charge is 0.494 e. The molecule has 1 spiro atoms. The van der Waals surface area contributed by atoms with Crippen LogP contribution in [0.3, 0.4) is 0 Å². The Morgan fingerprint density at radius 1 is 1.07 bits per heavy atom. The van der Waals surface area contributed by atoms with Gasteiger partial charge in [-0.05, 0) is 81.0 Å². The predicted octanol–water partition coefficient (Wildman–Crippen LogP) is 6.07. The lowest BCUT2D eigenvalue weighted by Crippen LogP contribution is -2.61. The number of hydrogen-bond donors (Lipinski definition) is 0. The van der Waals surface area contributed by atoms with Gasteiger partial charge in [-0.15, -0.1) is 0 Å². The molecule has 3 aromatic carbocycles. The molecule has 2 aliphatic heterocycles. The van der Waals surface area contributed by atoms with Crippen LogP contribution in [0.1, 0.15) is 37.5 Å². The van der Waals surface area contributed by atoms with Crippen LogP contribution in [0.2, 0.25) is 0 Å². The molecule has 0 aromatic heterocycles. The van der Waals surface area contributed by atoms with Gasteiger partial charge in [0.15, 0.2) is 0 Å². The van der Waals surface area contributed by atoms with Crippen molar-refractivity contribution < 1.29 is 9.47 Å². The molecule has 154 valence electrons. The second kappa shape index (κ2) is 6.24. The Balaban J connectivity index is 1.68. The van der Waals surface area contributed by atoms with Crippen molar-refractivity contribution in [3.05, 3.63) is 59.2 Å². The summed E-state index contributed by atoms with van der Waals surface area (Å²) in [6, 6.07) is 14.7. The number of likely N-dealkylation sites (N-methyl/N-ethyl adjacent to an activating group) is 1. The lowest BCUT2D eigenvalue weighted by atomic mass is 9.75. The summed E-state index contributed by atoms with van der Waals surface area (Å²) in [5.74, 6) is 1.66. The number of benzene rings is 3. The molecule has 0 saturated carbocycles. The molecule has 4 nitrogen and oxygen atoms in total. The standard InChI is InChI=1S/C26H28N2O2/c1-7-29-19-11-9-18-10-13-22-24(20(18)14-19)27-15-26(30-22)25(4,5)23-17(3)16(2)8-12-21(23)28(26)6/h8-15H,7H2,1-6H3. The van der Waals surface area contributed by atoms with Gasteiger partial charge in [0.05, 0.1) is 18.2 Å². The van der Waals surface area contributed by atoms with Crippen LogP contribution in [0.15, 0.2) is 47.5 Å². The van der Waals surface area contributed by atoms with E-state index in [1.54, 1.807) is 0 Å². The highest BCUT2D eigenvalue weighted by molar-refractivity contribution is 6.00. The van der Waals surface area contributed by atoms with Crippen molar-refractivity contribution in [1.82, 2.24) is 0 Å². The zero-order valence-electron chi connectivity index (χ0n) is 18.5. The van der Waals surface area contributed by atoms with Gasteiger partial charge in [0.1, 0.15) is 17.2 Å². The highest BCUT2D eigenvalue weighted by Gasteiger charge is 2.59. The molecule has 0 amide bonds. The van der Waals surface area contributed by atoms with Crippen molar-refractivity contribution in [2.24, 2.45) is 4.99 Å². The van der Waals surface area contributed by atoms with Crippen LogP contribution in [0.4, 0.5) is 11.4 Å². The van der Waals surface area contributed by atoms with Crippen molar-refractivity contribution >= 4 is 28.4 Å². The van der Waals surface area contributed by atoms with E-state index < -0.39 is 5.72 Å². The maximum Gasteiger partial charge on any atom is 0.228 e. The average Bonchev–Trinajstić information content (AvgIpc) is 2.89. The van der Waals surface area contributed by atoms with Gasteiger partial charge in [0, 0.05) is 18.1 Å². The minimum Gasteiger partial charge on any atom is -0.494 e. The highest BCUT2D eigenvalue weighted by atomic mass is 16.5. The lowest BCUT2D eigenvalue weighted by molar-refractivity contribution is 0.0824. The topological polar surface area (TPSA) is 34.1 Å². The van der Waals surface area contributed by atoms with Crippen molar-refractivity contribution in [3.8, 4) is 11.5 Å². The summed E-state index contributed by atoms with van der Waals surface area (Å²) in [5.41, 5.74) is 5.09. The average molecular weight is 401 g/mol. The van der Waals surface area contributed by atoms with Gasteiger partial charge in [-0.3, -0.25) is 4.99 Å². The number of nitrogens with zero attached hydrogens (tertiary/aromatic N) is 2. The van der Waals surface area contributed by atoms with Gasteiger partial charge in [-0.1, -0.05) is 18.2 Å². The fourth-order valence-electron chi connectivity index (χ4n) is 5.17. The van der Waals surface area contributed by atoms with Crippen LogP contribution in [0.5, 0.6) is 11.5 Å². The number of ether oxygens (including phenoxy) is 2. The Hall–Kier alpha value is -3.01. The van der Waals surface area contributed by atoms with Crippen LogP contribution >= 0.6 is 0 Å². The molecule has 0 bridgehead atoms. The molecule has 4 heteroatoms. The maximum absolute atomic E-state index is 6.83. The summed E-state index contributed by atoms with van der Waals surface area (Å²) in [6.45, 7) is 11.5. The van der Waals surface area contributed by atoms with Crippen molar-refractivity contribution in [1.29, 1.82) is 0 Å². The van der Waals surface area contributed by atoms with E-state index >= 15 is 0 Å². The highest BCUT2D eigenvalue weighted by Crippen LogP contribution is 2.55. The van der Waals surface area contributed by atoms with Gasteiger partial charge >= 0.3 is 0 Å². The van der Waals surface area contributed by atoms with Crippen molar-refractivity contribution in [2.75, 3.05) is 18.6 Å². The van der Waals surface area contributed by atoms with Crippen LogP contribution in [0.25, 0.3) is 10.8 Å². The summed E-state index contributed by atoms with van der Waals surface area (Å²) < 4.78 is 12.5. The van der Waals surface area contributed by atoms with E-state index in [2.05, 4.69) is 70.0 Å². The van der Waals surface area contributed by atoms with Gasteiger partial charge in [-0.2, -0.15) is 0 Å². The third-order valence-corrected chi connectivity index (χ3v) is 6.97. The van der Waals surface area contributed by atoms with Gasteiger partial charge in [0.2, 0.25) is 5.72 Å². The molecule has 0 radical (unpaired) electrons. The van der Waals surface area contributed by atoms with E-state index in [1.807, 2.05) is 25.3 Å². The molecule has 0 N–H and O–H groups in total. The molecular weight excluding hydrogens is 372 g/mol. The maximum atomic E-state index is 6.83. The zero-order valence-corrected chi connectivity index (χ0v) is 18.5. The van der Waals surface area contributed by atoms with E-state index in [1.165, 1.54) is 22.4 Å². The minimum absolute atomic E-state index is 0.267. The Labute approximate surface area is 178 Å². The SMILES string of the molecule is CCOc1ccc2ccc3c(c2c1)N=CC1(O3)N(C)c2ccc(C)c(C)c2C1(C)C. The number of aliphatic imine (C=N–C) groups is 1. The number of anilines is 1. The second-order valence-electron chi connectivity index (χ2n) is 8.87. The van der Waals surface area contributed by atoms with Crippen LogP contribution in [-0.2, 0) is 5.41 Å². The normalized spacial score (nSPS) is 20.9. The third-order valence-electron chi connectivity index (χ3n) is 6.97. The molecule has 0 aliphatic carbocycles. The fraction of sp³-hybridized carbons (Fsp3) is 0.346. The molecule has 1 unspecified atom stereocenters. The Morgan fingerprint density at radius 2 is 1.83 bits per heavy atom. The van der Waals surface area contributed by atoms with Crippen molar-refractivity contribution in [2.45, 2.75) is 45.8 Å². The summed E-state index contributed by atoms with van der Waals surface area (Å²) >= 11 is 0. The second-order valence-corrected chi connectivity index (χ2v) is 8.87. The van der Waals surface area contributed by atoms with E-state index in [4.69, 9.17) is 14.5 Å². The zero-order chi connectivity index (χ0) is 21.3. The lowest BCUT2D eigenvalue weighted by Gasteiger charge is -2.45. The molecule has 2 heterocycles. The van der Waals surface area contributed by atoms with Gasteiger partial charge < -0.3 is 14.4 Å². The quantitative estimate of drug-likeness (QED) is 0.523. The third kappa shape index (κ3) is 2.31. The Morgan fingerprint density at radius 3 is 2.60 bits per heavy atom. The molecule has 0 fully saturated rings. The van der Waals surface area contributed by atoms with E-state index in [0.29, 0.717) is 6.61 Å². The van der Waals surface area contributed by atoms with Crippen molar-refractivity contribution in [3.63, 3.8) is 0 Å². The Bertz CT molecular complexity index is 1210. The van der Waals surface area contributed by atoms with Crippen LogP contribution in [-0.4, -0.2) is 25.6 Å². The first kappa shape index (κ1) is 19.0. The molecule has 30 heavy (non-hydrogen) atoms. The van der Waals surface area contributed by atoms with Gasteiger partial charge in [-0.25, -0.2) is 0 Å². The first-order chi connectivity index (χ1) is 14.3. The summed E-state index contributed by atoms with van der Waals surface area (Å²) in [5, 5.41) is 2.18. The molecule has 3 aromatic rings. The number of fused-ring (bicyclic) bond motifs is 4. The van der Waals surface area contributed by atoms with Crippen LogP contribution < -0.4 is 14.4 Å². The molecular formula is C26H28N2O2. The molecule has 1 atom stereocenters. The molecule has 0 saturated heterocycles. The van der Waals surface area contributed by atoms with Gasteiger partial charge in [0.25, 0.3) is 0 Å². The fourth-order valence-corrected chi connectivity index (χ4v) is 5.17. The summed E-state index contributed by atoms with van der Waals surface area (Å²) in [4.78, 5) is 7.23. The molecule has 2 aliphatic rings. The molecule has 5 rings (SSSR count). The number of rotatable bonds is 2.